The molecule has 2 heterocycles. The smallest absolute Gasteiger partial charge is 0.222 e. The van der Waals surface area contributed by atoms with Gasteiger partial charge in [-0.15, -0.1) is 0 Å². The third-order valence-electron chi connectivity index (χ3n) is 5.68. The Hall–Kier alpha value is -3.40. The van der Waals surface area contributed by atoms with E-state index in [9.17, 15) is 4.79 Å². The number of likely N-dealkylation sites (tertiary alicyclic amines) is 1. The maximum absolute atomic E-state index is 12.0. The quantitative estimate of drug-likeness (QED) is 0.519. The topological polar surface area (TPSA) is 49.0 Å². The predicted molar refractivity (Wildman–Crippen MR) is 116 cm³/mol. The Morgan fingerprint density at radius 3 is 2.52 bits per heavy atom. The second-order valence-electron chi connectivity index (χ2n) is 7.71. The Labute approximate surface area is 170 Å². The van der Waals surface area contributed by atoms with Crippen LogP contribution in [0.3, 0.4) is 0 Å². The van der Waals surface area contributed by atoms with Crippen LogP contribution in [0.5, 0.6) is 0 Å². The van der Waals surface area contributed by atoms with E-state index < -0.39 is 0 Å². The zero-order chi connectivity index (χ0) is 19.8. The fraction of sp³-hybridized carbons (Fsp3) is 0.200. The Morgan fingerprint density at radius 1 is 0.966 bits per heavy atom. The zero-order valence-electron chi connectivity index (χ0n) is 16.5. The molecule has 0 bridgehead atoms. The van der Waals surface area contributed by atoms with Gasteiger partial charge in [0.05, 0.1) is 11.0 Å². The van der Waals surface area contributed by atoms with Crippen LogP contribution in [0.2, 0.25) is 0 Å². The third kappa shape index (κ3) is 3.42. The summed E-state index contributed by atoms with van der Waals surface area (Å²) in [4.78, 5) is 21.8. The molecule has 4 heteroatoms. The van der Waals surface area contributed by atoms with Gasteiger partial charge < -0.3 is 9.88 Å². The molecule has 4 nitrogen and oxygen atoms in total. The molecule has 1 amide bonds. The molecular formula is C25H23N3O. The summed E-state index contributed by atoms with van der Waals surface area (Å²) in [6.07, 6.45) is 1.65. The highest BCUT2D eigenvalue weighted by molar-refractivity contribution is 5.83. The second-order valence-corrected chi connectivity index (χ2v) is 7.71. The van der Waals surface area contributed by atoms with Gasteiger partial charge in [0.25, 0.3) is 0 Å². The first-order chi connectivity index (χ1) is 14.2. The van der Waals surface area contributed by atoms with Gasteiger partial charge in [-0.1, -0.05) is 54.6 Å². The summed E-state index contributed by atoms with van der Waals surface area (Å²) >= 11 is 0. The molecule has 0 atom stereocenters. The summed E-state index contributed by atoms with van der Waals surface area (Å²) in [5.41, 5.74) is 7.97. The van der Waals surface area contributed by atoms with Crippen molar-refractivity contribution in [3.05, 3.63) is 78.1 Å². The summed E-state index contributed by atoms with van der Waals surface area (Å²) in [6.45, 7) is 3.52. The number of benzene rings is 3. The van der Waals surface area contributed by atoms with Gasteiger partial charge in [0.1, 0.15) is 5.82 Å². The van der Waals surface area contributed by atoms with E-state index in [1.54, 1.807) is 0 Å². The molecule has 3 aromatic carbocycles. The molecule has 0 saturated carbocycles. The molecule has 0 unspecified atom stereocenters. The van der Waals surface area contributed by atoms with E-state index in [1.165, 1.54) is 27.8 Å². The lowest BCUT2D eigenvalue weighted by Gasteiger charge is -2.18. The van der Waals surface area contributed by atoms with E-state index in [1.807, 2.05) is 11.8 Å². The largest absolute Gasteiger partial charge is 0.342 e. The molecule has 4 aromatic rings. The number of carbonyl (C=O) groups is 1. The van der Waals surface area contributed by atoms with Gasteiger partial charge in [-0.3, -0.25) is 4.79 Å². The Morgan fingerprint density at radius 2 is 1.72 bits per heavy atom. The summed E-state index contributed by atoms with van der Waals surface area (Å²) in [6, 6.07) is 23.4. The summed E-state index contributed by atoms with van der Waals surface area (Å²) < 4.78 is 0. The van der Waals surface area contributed by atoms with E-state index in [4.69, 9.17) is 0 Å². The molecule has 1 aliphatic heterocycles. The number of aryl methyl sites for hydroxylation is 1. The van der Waals surface area contributed by atoms with E-state index in [-0.39, 0.29) is 5.91 Å². The monoisotopic (exact) mass is 381 g/mol. The number of rotatable bonds is 4. The number of imidazole rings is 1. The van der Waals surface area contributed by atoms with E-state index in [0.29, 0.717) is 13.0 Å². The van der Waals surface area contributed by atoms with E-state index >= 15 is 0 Å². The summed E-state index contributed by atoms with van der Waals surface area (Å²) in [7, 11) is 0. The molecule has 1 saturated heterocycles. The SMILES string of the molecule is Cc1nc2ccc(-c3ccc(-c4ccccc4CN4CCCC4=O)cc3)cc2[nH]1. The van der Waals surface area contributed by atoms with Crippen molar-refractivity contribution in [3.63, 3.8) is 0 Å². The van der Waals surface area contributed by atoms with Crippen molar-refractivity contribution in [2.75, 3.05) is 6.54 Å². The first-order valence-corrected chi connectivity index (χ1v) is 10.1. The number of hydrogen-bond donors (Lipinski definition) is 1. The van der Waals surface area contributed by atoms with Crippen molar-refractivity contribution in [1.29, 1.82) is 0 Å². The minimum Gasteiger partial charge on any atom is -0.342 e. The maximum atomic E-state index is 12.0. The molecule has 1 N–H and O–H groups in total. The van der Waals surface area contributed by atoms with Crippen LogP contribution in [-0.4, -0.2) is 27.3 Å². The standard InChI is InChI=1S/C25H23N3O/c1-17-26-23-13-12-20(15-24(23)27-17)18-8-10-19(11-9-18)22-6-3-2-5-21(22)16-28-14-4-7-25(28)29/h2-3,5-6,8-13,15H,4,7,14,16H2,1H3,(H,26,27). The molecule has 1 aliphatic rings. The van der Waals surface area contributed by atoms with Gasteiger partial charge in [-0.05, 0) is 53.3 Å². The number of aromatic amines is 1. The number of aromatic nitrogens is 2. The van der Waals surface area contributed by atoms with Gasteiger partial charge in [-0.25, -0.2) is 4.98 Å². The highest BCUT2D eigenvalue weighted by atomic mass is 16.2. The highest BCUT2D eigenvalue weighted by Crippen LogP contribution is 2.29. The Balaban J connectivity index is 1.45. The fourth-order valence-electron chi connectivity index (χ4n) is 4.18. The first-order valence-electron chi connectivity index (χ1n) is 10.1. The van der Waals surface area contributed by atoms with Crippen molar-refractivity contribution < 1.29 is 4.79 Å². The third-order valence-corrected chi connectivity index (χ3v) is 5.68. The lowest BCUT2D eigenvalue weighted by atomic mass is 9.96. The van der Waals surface area contributed by atoms with Crippen molar-refractivity contribution in [1.82, 2.24) is 14.9 Å². The molecule has 1 fully saturated rings. The number of hydrogen-bond acceptors (Lipinski definition) is 2. The average molecular weight is 381 g/mol. The fourth-order valence-corrected chi connectivity index (χ4v) is 4.18. The van der Waals surface area contributed by atoms with Crippen LogP contribution in [0.4, 0.5) is 0 Å². The molecule has 144 valence electrons. The van der Waals surface area contributed by atoms with Gasteiger partial charge >= 0.3 is 0 Å². The Bertz CT molecular complexity index is 1190. The number of nitrogens with zero attached hydrogens (tertiary/aromatic N) is 2. The van der Waals surface area contributed by atoms with Crippen LogP contribution >= 0.6 is 0 Å². The van der Waals surface area contributed by atoms with Crippen LogP contribution in [0.1, 0.15) is 24.2 Å². The number of H-pyrrole nitrogens is 1. The minimum atomic E-state index is 0.264. The molecule has 0 spiro atoms. The second kappa shape index (κ2) is 7.21. The zero-order valence-corrected chi connectivity index (χ0v) is 16.5. The van der Waals surface area contributed by atoms with Gasteiger partial charge in [-0.2, -0.15) is 0 Å². The highest BCUT2D eigenvalue weighted by Gasteiger charge is 2.21. The number of carbonyl (C=O) groups excluding carboxylic acids is 1. The Kier molecular flexibility index (Phi) is 4.39. The normalized spacial score (nSPS) is 14.1. The van der Waals surface area contributed by atoms with Gasteiger partial charge in [0.15, 0.2) is 0 Å². The van der Waals surface area contributed by atoms with Crippen molar-refractivity contribution in [2.45, 2.75) is 26.3 Å². The molecular weight excluding hydrogens is 358 g/mol. The van der Waals surface area contributed by atoms with Crippen LogP contribution in [0, 0.1) is 6.92 Å². The molecule has 29 heavy (non-hydrogen) atoms. The molecule has 0 radical (unpaired) electrons. The summed E-state index contributed by atoms with van der Waals surface area (Å²) in [5, 5.41) is 0. The summed E-state index contributed by atoms with van der Waals surface area (Å²) in [5.74, 6) is 1.19. The first kappa shape index (κ1) is 17.7. The minimum absolute atomic E-state index is 0.264. The van der Waals surface area contributed by atoms with Crippen LogP contribution in [0.25, 0.3) is 33.3 Å². The average Bonchev–Trinajstić information content (AvgIpc) is 3.32. The van der Waals surface area contributed by atoms with E-state index in [0.717, 1.165) is 29.8 Å². The predicted octanol–water partition coefficient (Wildman–Crippen LogP) is 5.33. The van der Waals surface area contributed by atoms with Gasteiger partial charge in [0, 0.05) is 19.5 Å². The van der Waals surface area contributed by atoms with Crippen molar-refractivity contribution in [3.8, 4) is 22.3 Å². The number of nitrogens with one attached hydrogen (secondary N) is 1. The lowest BCUT2D eigenvalue weighted by molar-refractivity contribution is -0.128. The number of fused-ring (bicyclic) bond motifs is 1. The molecule has 5 rings (SSSR count). The molecule has 1 aromatic heterocycles. The van der Waals surface area contributed by atoms with Crippen LogP contribution in [-0.2, 0) is 11.3 Å². The van der Waals surface area contributed by atoms with Crippen LogP contribution < -0.4 is 0 Å². The lowest BCUT2D eigenvalue weighted by Crippen LogP contribution is -2.24. The van der Waals surface area contributed by atoms with Crippen molar-refractivity contribution in [2.24, 2.45) is 0 Å². The van der Waals surface area contributed by atoms with E-state index in [2.05, 4.69) is 76.7 Å². The van der Waals surface area contributed by atoms with Crippen molar-refractivity contribution >= 4 is 16.9 Å². The number of amides is 1. The molecule has 0 aliphatic carbocycles. The maximum Gasteiger partial charge on any atom is 0.222 e. The van der Waals surface area contributed by atoms with Gasteiger partial charge in [0.2, 0.25) is 5.91 Å². The van der Waals surface area contributed by atoms with Crippen LogP contribution in [0.15, 0.2) is 66.7 Å².